The summed E-state index contributed by atoms with van der Waals surface area (Å²) in [7, 11) is 0. The van der Waals surface area contributed by atoms with Crippen LogP contribution in [-0.2, 0) is 4.74 Å². The fraction of sp³-hybridized carbons (Fsp3) is 0.379. The second kappa shape index (κ2) is 12.5. The smallest absolute Gasteiger partial charge is 0.323 e. The molecule has 35 heavy (non-hydrogen) atoms. The predicted molar refractivity (Wildman–Crippen MR) is 141 cm³/mol. The van der Waals surface area contributed by atoms with Gasteiger partial charge in [0.2, 0.25) is 0 Å². The van der Waals surface area contributed by atoms with Crippen molar-refractivity contribution in [2.45, 2.75) is 26.2 Å². The molecular weight excluding hydrogens is 436 g/mol. The van der Waals surface area contributed by atoms with Crippen LogP contribution >= 0.6 is 0 Å². The highest BCUT2D eigenvalue weighted by atomic mass is 16.5. The number of rotatable bonds is 9. The summed E-state index contributed by atoms with van der Waals surface area (Å²) in [5.41, 5.74) is 4.51. The zero-order chi connectivity index (χ0) is 24.5. The van der Waals surface area contributed by atoms with Gasteiger partial charge in [0.05, 0.1) is 13.2 Å². The molecule has 1 aliphatic rings. The van der Waals surface area contributed by atoms with E-state index in [9.17, 15) is 4.79 Å². The highest BCUT2D eigenvalue weighted by Crippen LogP contribution is 2.28. The van der Waals surface area contributed by atoms with Crippen LogP contribution in [0, 0.1) is 13.8 Å². The van der Waals surface area contributed by atoms with E-state index in [2.05, 4.69) is 63.7 Å². The van der Waals surface area contributed by atoms with Gasteiger partial charge < -0.3 is 9.64 Å². The predicted octanol–water partition coefficient (Wildman–Crippen LogP) is 5.09. The number of benzene rings is 2. The molecule has 2 heterocycles. The second-order valence-corrected chi connectivity index (χ2v) is 9.20. The summed E-state index contributed by atoms with van der Waals surface area (Å²) in [5.74, 6) is 0.821. The summed E-state index contributed by atoms with van der Waals surface area (Å²) >= 11 is 0. The van der Waals surface area contributed by atoms with Crippen LogP contribution in [0.15, 0.2) is 72.8 Å². The van der Waals surface area contributed by atoms with Crippen LogP contribution < -0.4 is 5.32 Å². The molecule has 184 valence electrons. The number of ether oxygens (including phenoxy) is 1. The monoisotopic (exact) mass is 472 g/mol. The molecule has 4 rings (SSSR count). The van der Waals surface area contributed by atoms with Gasteiger partial charge in [-0.25, -0.2) is 9.78 Å². The maximum Gasteiger partial charge on any atom is 0.323 e. The topological polar surface area (TPSA) is 57.7 Å². The number of amides is 2. The van der Waals surface area contributed by atoms with Gasteiger partial charge in [0.25, 0.3) is 0 Å². The molecule has 0 bridgehead atoms. The molecule has 0 saturated carbocycles. The number of aromatic nitrogens is 1. The number of anilines is 1. The van der Waals surface area contributed by atoms with E-state index < -0.39 is 0 Å². The summed E-state index contributed by atoms with van der Waals surface area (Å²) in [5, 5.41) is 3.05. The lowest BCUT2D eigenvalue weighted by Gasteiger charge is -2.31. The number of aryl methyl sites for hydroxylation is 2. The summed E-state index contributed by atoms with van der Waals surface area (Å²) in [6, 6.07) is 25.0. The number of morpholine rings is 1. The zero-order valence-corrected chi connectivity index (χ0v) is 20.8. The Hall–Kier alpha value is -3.22. The van der Waals surface area contributed by atoms with E-state index in [-0.39, 0.29) is 11.9 Å². The Labute approximate surface area is 208 Å². The molecule has 6 nitrogen and oxygen atoms in total. The van der Waals surface area contributed by atoms with E-state index in [1.54, 1.807) is 0 Å². The van der Waals surface area contributed by atoms with Gasteiger partial charge in [-0.15, -0.1) is 0 Å². The van der Waals surface area contributed by atoms with Crippen LogP contribution in [0.3, 0.4) is 0 Å². The van der Waals surface area contributed by atoms with Gasteiger partial charge in [-0.05, 0) is 49.1 Å². The van der Waals surface area contributed by atoms with Crippen molar-refractivity contribution in [1.82, 2.24) is 14.8 Å². The Balaban J connectivity index is 1.50. The lowest BCUT2D eigenvalue weighted by molar-refractivity contribution is 0.0351. The maximum absolute atomic E-state index is 13.4. The van der Waals surface area contributed by atoms with E-state index in [1.165, 1.54) is 11.1 Å². The molecule has 1 saturated heterocycles. The summed E-state index contributed by atoms with van der Waals surface area (Å²) in [6.45, 7) is 9.43. The summed E-state index contributed by atoms with van der Waals surface area (Å²) < 4.78 is 5.49. The van der Waals surface area contributed by atoms with Gasteiger partial charge in [-0.1, -0.05) is 60.7 Å². The first-order valence-corrected chi connectivity index (χ1v) is 12.5. The van der Waals surface area contributed by atoms with Crippen molar-refractivity contribution in [2.75, 3.05) is 51.3 Å². The van der Waals surface area contributed by atoms with Gasteiger partial charge in [0.1, 0.15) is 5.82 Å². The summed E-state index contributed by atoms with van der Waals surface area (Å²) in [6.07, 6.45) is 0.838. The van der Waals surface area contributed by atoms with Crippen molar-refractivity contribution in [2.24, 2.45) is 0 Å². The Morgan fingerprint density at radius 1 is 0.971 bits per heavy atom. The number of nitrogens with zero attached hydrogens (tertiary/aromatic N) is 3. The highest BCUT2D eigenvalue weighted by molar-refractivity contribution is 5.88. The molecule has 1 aliphatic heterocycles. The number of carbonyl (C=O) groups excluding carboxylic acids is 1. The van der Waals surface area contributed by atoms with Crippen molar-refractivity contribution >= 4 is 11.8 Å². The van der Waals surface area contributed by atoms with Gasteiger partial charge in [-0.2, -0.15) is 0 Å². The zero-order valence-electron chi connectivity index (χ0n) is 20.8. The third kappa shape index (κ3) is 7.38. The van der Waals surface area contributed by atoms with E-state index in [0.717, 1.165) is 50.5 Å². The molecule has 0 unspecified atom stereocenters. The number of carbonyl (C=O) groups is 1. The first-order valence-electron chi connectivity index (χ1n) is 12.5. The van der Waals surface area contributed by atoms with Crippen molar-refractivity contribution in [1.29, 1.82) is 0 Å². The first kappa shape index (κ1) is 24.9. The van der Waals surface area contributed by atoms with Gasteiger partial charge >= 0.3 is 6.03 Å². The fourth-order valence-electron chi connectivity index (χ4n) is 4.68. The first-order chi connectivity index (χ1) is 17.1. The van der Waals surface area contributed by atoms with Crippen molar-refractivity contribution in [3.8, 4) is 0 Å². The average molecular weight is 473 g/mol. The Bertz CT molecular complexity index is 1010. The Morgan fingerprint density at radius 3 is 2.20 bits per heavy atom. The number of urea groups is 1. The van der Waals surface area contributed by atoms with Crippen molar-refractivity contribution < 1.29 is 9.53 Å². The van der Waals surface area contributed by atoms with Crippen LogP contribution in [0.5, 0.6) is 0 Å². The molecule has 0 radical (unpaired) electrons. The largest absolute Gasteiger partial charge is 0.379 e. The highest BCUT2D eigenvalue weighted by Gasteiger charge is 2.21. The van der Waals surface area contributed by atoms with E-state index in [0.29, 0.717) is 18.9 Å². The molecule has 2 aromatic carbocycles. The van der Waals surface area contributed by atoms with Crippen LogP contribution in [0.1, 0.15) is 34.7 Å². The molecule has 0 atom stereocenters. The Morgan fingerprint density at radius 2 is 1.60 bits per heavy atom. The standard InChI is InChI=1S/C29H36N4O2/c1-23-21-24(2)30-28(22-23)31-29(34)33(16-15-32-17-19-35-20-18-32)14-13-27(25-9-5-3-6-10-25)26-11-7-4-8-12-26/h3-12,21-22,27H,13-20H2,1-2H3,(H,30,31,34). The van der Waals surface area contributed by atoms with Gasteiger partial charge in [0, 0.05) is 44.3 Å². The van der Waals surface area contributed by atoms with Gasteiger partial charge in [0.15, 0.2) is 0 Å². The minimum absolute atomic E-state index is 0.101. The summed E-state index contributed by atoms with van der Waals surface area (Å²) in [4.78, 5) is 22.2. The second-order valence-electron chi connectivity index (χ2n) is 9.20. The molecule has 1 N–H and O–H groups in total. The van der Waals surface area contributed by atoms with Crippen molar-refractivity contribution in [3.63, 3.8) is 0 Å². The minimum Gasteiger partial charge on any atom is -0.379 e. The molecule has 1 fully saturated rings. The molecule has 2 amide bonds. The molecule has 0 spiro atoms. The van der Waals surface area contributed by atoms with E-state index in [1.807, 2.05) is 43.0 Å². The normalized spacial score (nSPS) is 14.1. The third-order valence-corrected chi connectivity index (χ3v) is 6.50. The number of pyridine rings is 1. The Kier molecular flexibility index (Phi) is 8.87. The molecule has 1 aromatic heterocycles. The molecule has 0 aliphatic carbocycles. The van der Waals surface area contributed by atoms with E-state index in [4.69, 9.17) is 4.74 Å². The molecular formula is C29H36N4O2. The van der Waals surface area contributed by atoms with Crippen LogP contribution in [0.4, 0.5) is 10.6 Å². The van der Waals surface area contributed by atoms with E-state index >= 15 is 0 Å². The quantitative estimate of drug-likeness (QED) is 0.472. The van der Waals surface area contributed by atoms with Crippen LogP contribution in [0.2, 0.25) is 0 Å². The third-order valence-electron chi connectivity index (χ3n) is 6.50. The minimum atomic E-state index is -0.101. The van der Waals surface area contributed by atoms with Crippen LogP contribution in [-0.4, -0.2) is 66.8 Å². The number of nitrogens with one attached hydrogen (secondary N) is 1. The van der Waals surface area contributed by atoms with Crippen molar-refractivity contribution in [3.05, 3.63) is 95.2 Å². The van der Waals surface area contributed by atoms with Crippen LogP contribution in [0.25, 0.3) is 0 Å². The number of hydrogen-bond donors (Lipinski definition) is 1. The maximum atomic E-state index is 13.4. The lowest BCUT2D eigenvalue weighted by Crippen LogP contribution is -2.44. The SMILES string of the molecule is Cc1cc(C)nc(NC(=O)N(CCC(c2ccccc2)c2ccccc2)CCN2CCOCC2)c1. The average Bonchev–Trinajstić information content (AvgIpc) is 2.87. The van der Waals surface area contributed by atoms with Gasteiger partial charge in [-0.3, -0.25) is 10.2 Å². The fourth-order valence-corrected chi connectivity index (χ4v) is 4.68. The lowest BCUT2D eigenvalue weighted by atomic mass is 9.88. The number of hydrogen-bond acceptors (Lipinski definition) is 4. The molecule has 3 aromatic rings. The molecule has 6 heteroatoms.